The van der Waals surface area contributed by atoms with Gasteiger partial charge in [0, 0.05) is 24.4 Å². The van der Waals surface area contributed by atoms with Gasteiger partial charge in [0.1, 0.15) is 5.60 Å². The zero-order valence-electron chi connectivity index (χ0n) is 16.2. The summed E-state index contributed by atoms with van der Waals surface area (Å²) in [5.41, 5.74) is -0.955. The van der Waals surface area contributed by atoms with E-state index >= 15 is 0 Å². The van der Waals surface area contributed by atoms with Crippen LogP contribution >= 0.6 is 11.3 Å². The third-order valence-corrected chi connectivity index (χ3v) is 4.97. The number of carbonyl (C=O) groups excluding carboxylic acids is 1. The van der Waals surface area contributed by atoms with Crippen LogP contribution in [0.25, 0.3) is 0 Å². The molecule has 0 aromatic carbocycles. The molecule has 148 valence electrons. The predicted octanol–water partition coefficient (Wildman–Crippen LogP) is 3.02. The maximum Gasteiger partial charge on any atom is 0.305 e. The summed E-state index contributed by atoms with van der Waals surface area (Å²) in [7, 11) is 0. The molecule has 1 heterocycles. The van der Waals surface area contributed by atoms with Crippen molar-refractivity contribution in [3.63, 3.8) is 0 Å². The predicted molar refractivity (Wildman–Crippen MR) is 108 cm³/mol. The Morgan fingerprint density at radius 2 is 2.04 bits per heavy atom. The molecule has 0 amide bonds. The third kappa shape index (κ3) is 9.20. The van der Waals surface area contributed by atoms with E-state index in [4.69, 9.17) is 4.74 Å². The van der Waals surface area contributed by atoms with E-state index < -0.39 is 5.60 Å². The quantitative estimate of drug-likeness (QED) is 0.224. The lowest BCUT2D eigenvalue weighted by Crippen LogP contribution is -2.39. The largest absolute Gasteiger partial charge is 0.466 e. The number of thiophene rings is 1. The molecule has 1 aromatic rings. The standard InChI is InChI=1S/C19H33N3O3S/c1-4-20-18(22-15-19(3,24)16-11-10-14-26-16)21-13-9-7-6-8-12-17(23)25-5-2/h10-11,14,24H,4-9,12-13,15H2,1-3H3,(H2,20,21,22). The van der Waals surface area contributed by atoms with E-state index in [1.165, 1.54) is 11.3 Å². The highest BCUT2D eigenvalue weighted by Gasteiger charge is 2.23. The molecule has 0 saturated carbocycles. The molecule has 0 aliphatic rings. The molecule has 1 rings (SSSR count). The van der Waals surface area contributed by atoms with Gasteiger partial charge in [-0.15, -0.1) is 11.3 Å². The van der Waals surface area contributed by atoms with Crippen molar-refractivity contribution >= 4 is 23.3 Å². The fourth-order valence-electron chi connectivity index (χ4n) is 2.43. The van der Waals surface area contributed by atoms with Crippen molar-refractivity contribution in [1.82, 2.24) is 10.6 Å². The molecule has 0 fully saturated rings. The minimum atomic E-state index is -0.955. The molecule has 0 radical (unpaired) electrons. The van der Waals surface area contributed by atoms with Gasteiger partial charge in [0.2, 0.25) is 0 Å². The summed E-state index contributed by atoms with van der Waals surface area (Å²) in [5.74, 6) is 0.612. The summed E-state index contributed by atoms with van der Waals surface area (Å²) in [5, 5.41) is 19.0. The van der Waals surface area contributed by atoms with E-state index in [2.05, 4.69) is 15.6 Å². The van der Waals surface area contributed by atoms with Gasteiger partial charge in [-0.25, -0.2) is 4.99 Å². The van der Waals surface area contributed by atoms with Crippen LogP contribution in [-0.2, 0) is 15.1 Å². The third-order valence-electron chi connectivity index (χ3n) is 3.85. The van der Waals surface area contributed by atoms with Crippen LogP contribution in [0.5, 0.6) is 0 Å². The fourth-order valence-corrected chi connectivity index (χ4v) is 3.20. The van der Waals surface area contributed by atoms with Gasteiger partial charge in [-0.1, -0.05) is 18.9 Å². The number of esters is 1. The summed E-state index contributed by atoms with van der Waals surface area (Å²) in [6, 6.07) is 3.86. The normalized spacial score (nSPS) is 13.9. The number of aliphatic hydroxyl groups is 1. The molecule has 0 saturated heterocycles. The molecule has 7 heteroatoms. The van der Waals surface area contributed by atoms with Crippen LogP contribution < -0.4 is 10.6 Å². The van der Waals surface area contributed by atoms with E-state index in [0.717, 1.165) is 49.6 Å². The average molecular weight is 384 g/mol. The SMILES string of the molecule is CCNC(=NCC(C)(O)c1cccs1)NCCCCCCC(=O)OCC. The first-order valence-corrected chi connectivity index (χ1v) is 10.3. The Bertz CT molecular complexity index is 530. The summed E-state index contributed by atoms with van der Waals surface area (Å²) < 4.78 is 4.91. The molecule has 0 aliphatic heterocycles. The van der Waals surface area contributed by atoms with Crippen molar-refractivity contribution in [2.75, 3.05) is 26.2 Å². The average Bonchev–Trinajstić information content (AvgIpc) is 3.14. The number of nitrogens with one attached hydrogen (secondary N) is 2. The number of rotatable bonds is 12. The molecular formula is C19H33N3O3S. The second-order valence-electron chi connectivity index (χ2n) is 6.34. The first-order chi connectivity index (χ1) is 12.5. The van der Waals surface area contributed by atoms with Crippen LogP contribution in [0, 0.1) is 0 Å². The van der Waals surface area contributed by atoms with Crippen molar-refractivity contribution in [2.24, 2.45) is 4.99 Å². The lowest BCUT2D eigenvalue weighted by Gasteiger charge is -2.20. The highest BCUT2D eigenvalue weighted by atomic mass is 32.1. The first kappa shape index (κ1) is 22.4. The number of carbonyl (C=O) groups is 1. The summed E-state index contributed by atoms with van der Waals surface area (Å²) in [4.78, 5) is 16.7. The van der Waals surface area contributed by atoms with Crippen LogP contribution in [0.3, 0.4) is 0 Å². The van der Waals surface area contributed by atoms with Crippen LogP contribution in [0.4, 0.5) is 0 Å². The lowest BCUT2D eigenvalue weighted by molar-refractivity contribution is -0.143. The van der Waals surface area contributed by atoms with Crippen molar-refractivity contribution in [3.05, 3.63) is 22.4 Å². The van der Waals surface area contributed by atoms with Gasteiger partial charge in [0.15, 0.2) is 5.96 Å². The molecule has 3 N–H and O–H groups in total. The van der Waals surface area contributed by atoms with E-state index in [-0.39, 0.29) is 5.97 Å². The highest BCUT2D eigenvalue weighted by molar-refractivity contribution is 7.10. The number of nitrogens with zero attached hydrogens (tertiary/aromatic N) is 1. The van der Waals surface area contributed by atoms with E-state index in [0.29, 0.717) is 19.6 Å². The Morgan fingerprint density at radius 3 is 2.69 bits per heavy atom. The second kappa shape index (κ2) is 12.7. The van der Waals surface area contributed by atoms with Gasteiger partial charge >= 0.3 is 5.97 Å². The Hall–Kier alpha value is -1.60. The Kier molecular flexibility index (Phi) is 11.0. The van der Waals surface area contributed by atoms with Crippen molar-refractivity contribution < 1.29 is 14.6 Å². The van der Waals surface area contributed by atoms with E-state index in [1.807, 2.05) is 31.4 Å². The molecule has 1 atom stereocenters. The minimum Gasteiger partial charge on any atom is -0.466 e. The van der Waals surface area contributed by atoms with Crippen molar-refractivity contribution in [2.45, 2.75) is 58.5 Å². The van der Waals surface area contributed by atoms with Crippen molar-refractivity contribution in [3.8, 4) is 0 Å². The molecule has 0 spiro atoms. The maximum atomic E-state index is 11.3. The Balaban J connectivity index is 2.27. The summed E-state index contributed by atoms with van der Waals surface area (Å²) in [6.07, 6.45) is 4.45. The minimum absolute atomic E-state index is 0.106. The molecule has 1 aromatic heterocycles. The number of ether oxygens (including phenoxy) is 1. The van der Waals surface area contributed by atoms with Crippen molar-refractivity contribution in [1.29, 1.82) is 0 Å². The Labute approximate surface area is 161 Å². The summed E-state index contributed by atoms with van der Waals surface area (Å²) >= 11 is 1.54. The number of unbranched alkanes of at least 4 members (excludes halogenated alkanes) is 3. The molecule has 26 heavy (non-hydrogen) atoms. The maximum absolute atomic E-state index is 11.3. The van der Waals surface area contributed by atoms with Gasteiger partial charge in [0.25, 0.3) is 0 Å². The van der Waals surface area contributed by atoms with Crippen LogP contribution in [-0.4, -0.2) is 43.3 Å². The smallest absolute Gasteiger partial charge is 0.305 e. The van der Waals surface area contributed by atoms with E-state index in [1.54, 1.807) is 6.92 Å². The van der Waals surface area contributed by atoms with E-state index in [9.17, 15) is 9.90 Å². The van der Waals surface area contributed by atoms with Crippen LogP contribution in [0.2, 0.25) is 0 Å². The monoisotopic (exact) mass is 383 g/mol. The first-order valence-electron chi connectivity index (χ1n) is 9.43. The Morgan fingerprint density at radius 1 is 1.27 bits per heavy atom. The van der Waals surface area contributed by atoms with Gasteiger partial charge in [-0.3, -0.25) is 4.79 Å². The van der Waals surface area contributed by atoms with Gasteiger partial charge in [-0.05, 0) is 45.1 Å². The van der Waals surface area contributed by atoms with Crippen LogP contribution in [0.1, 0.15) is 57.8 Å². The zero-order chi connectivity index (χ0) is 19.3. The molecule has 0 aliphatic carbocycles. The number of guanidine groups is 1. The number of hydrogen-bond acceptors (Lipinski definition) is 5. The molecule has 0 bridgehead atoms. The number of hydrogen-bond donors (Lipinski definition) is 3. The van der Waals surface area contributed by atoms with Gasteiger partial charge in [0.05, 0.1) is 13.2 Å². The lowest BCUT2D eigenvalue weighted by atomic mass is 10.1. The zero-order valence-corrected chi connectivity index (χ0v) is 17.0. The topological polar surface area (TPSA) is 83.0 Å². The fraction of sp³-hybridized carbons (Fsp3) is 0.684. The molecule has 6 nitrogen and oxygen atoms in total. The highest BCUT2D eigenvalue weighted by Crippen LogP contribution is 2.25. The number of aliphatic imine (C=N–C) groups is 1. The van der Waals surface area contributed by atoms with Gasteiger partial charge < -0.3 is 20.5 Å². The molecule has 1 unspecified atom stereocenters. The van der Waals surface area contributed by atoms with Gasteiger partial charge in [-0.2, -0.15) is 0 Å². The van der Waals surface area contributed by atoms with Crippen LogP contribution in [0.15, 0.2) is 22.5 Å². The second-order valence-corrected chi connectivity index (χ2v) is 7.29. The molecular weight excluding hydrogens is 350 g/mol. The summed E-state index contributed by atoms with van der Waals surface area (Å²) in [6.45, 7) is 7.97.